The van der Waals surface area contributed by atoms with Crippen LogP contribution in [0, 0.1) is 5.82 Å². The molecule has 0 unspecified atom stereocenters. The maximum Gasteiger partial charge on any atom is 0.254 e. The van der Waals surface area contributed by atoms with E-state index >= 15 is 0 Å². The van der Waals surface area contributed by atoms with E-state index in [0.29, 0.717) is 32.6 Å². The molecule has 1 aliphatic heterocycles. The summed E-state index contributed by atoms with van der Waals surface area (Å²) in [6, 6.07) is 17.0. The molecule has 4 rings (SSSR count). The Morgan fingerprint density at radius 1 is 1.03 bits per heavy atom. The summed E-state index contributed by atoms with van der Waals surface area (Å²) in [7, 11) is 1.63. The largest absolute Gasteiger partial charge is 0.497 e. The SMILES string of the molecule is CC[C@@H](C)N(CC(=O)N1CCN(c2ccc(-c3cccc(OC)c3)nn2)CC1)C(=O)c1cccc(F)c1. The van der Waals surface area contributed by atoms with Crippen molar-refractivity contribution in [2.45, 2.75) is 26.3 Å². The smallest absolute Gasteiger partial charge is 0.254 e. The molecule has 9 heteroatoms. The first-order chi connectivity index (χ1) is 17.9. The number of benzene rings is 2. The minimum atomic E-state index is -0.475. The Kier molecular flexibility index (Phi) is 8.32. The molecule has 0 bridgehead atoms. The number of rotatable bonds is 8. The fraction of sp³-hybridized carbons (Fsp3) is 0.357. The first-order valence-electron chi connectivity index (χ1n) is 12.5. The number of carbonyl (C=O) groups is 2. The van der Waals surface area contributed by atoms with Gasteiger partial charge >= 0.3 is 0 Å². The van der Waals surface area contributed by atoms with Gasteiger partial charge in [-0.3, -0.25) is 9.59 Å². The molecule has 0 spiro atoms. The molecular formula is C28H32FN5O3. The van der Waals surface area contributed by atoms with Gasteiger partial charge in [-0.05, 0) is 55.8 Å². The topological polar surface area (TPSA) is 78.9 Å². The zero-order chi connectivity index (χ0) is 26.4. The summed E-state index contributed by atoms with van der Waals surface area (Å²) in [4.78, 5) is 31.6. The lowest BCUT2D eigenvalue weighted by Gasteiger charge is -2.37. The molecule has 0 saturated carbocycles. The van der Waals surface area contributed by atoms with Gasteiger partial charge in [-0.2, -0.15) is 0 Å². The monoisotopic (exact) mass is 505 g/mol. The molecule has 2 heterocycles. The summed E-state index contributed by atoms with van der Waals surface area (Å²) in [6.07, 6.45) is 0.687. The number of anilines is 1. The molecule has 2 amide bonds. The maximum absolute atomic E-state index is 13.7. The molecule has 1 aliphatic rings. The second kappa shape index (κ2) is 11.8. The van der Waals surface area contributed by atoms with Gasteiger partial charge in [-0.25, -0.2) is 4.39 Å². The van der Waals surface area contributed by atoms with Crippen LogP contribution in [0.4, 0.5) is 10.2 Å². The van der Waals surface area contributed by atoms with Gasteiger partial charge < -0.3 is 19.4 Å². The molecule has 0 N–H and O–H groups in total. The number of nitrogens with zero attached hydrogens (tertiary/aromatic N) is 5. The highest BCUT2D eigenvalue weighted by molar-refractivity contribution is 5.96. The third kappa shape index (κ3) is 6.22. The highest BCUT2D eigenvalue weighted by atomic mass is 19.1. The average Bonchev–Trinajstić information content (AvgIpc) is 2.95. The Hall–Kier alpha value is -4.01. The molecule has 1 fully saturated rings. The van der Waals surface area contributed by atoms with Gasteiger partial charge in [0.15, 0.2) is 5.82 Å². The minimum absolute atomic E-state index is 0.0423. The summed E-state index contributed by atoms with van der Waals surface area (Å²) < 4.78 is 19.0. The molecule has 3 aromatic rings. The van der Waals surface area contributed by atoms with Crippen LogP contribution in [-0.4, -0.2) is 77.7 Å². The third-order valence-corrected chi connectivity index (χ3v) is 6.73. The van der Waals surface area contributed by atoms with E-state index in [2.05, 4.69) is 15.1 Å². The molecule has 1 atom stereocenters. The lowest BCUT2D eigenvalue weighted by molar-refractivity contribution is -0.132. The van der Waals surface area contributed by atoms with Gasteiger partial charge in [0.2, 0.25) is 5.91 Å². The van der Waals surface area contributed by atoms with Gasteiger partial charge in [-0.15, -0.1) is 10.2 Å². The zero-order valence-electron chi connectivity index (χ0n) is 21.4. The van der Waals surface area contributed by atoms with Crippen LogP contribution in [-0.2, 0) is 4.79 Å². The average molecular weight is 506 g/mol. The molecule has 2 aromatic carbocycles. The Morgan fingerprint density at radius 2 is 1.78 bits per heavy atom. The first kappa shape index (κ1) is 26.1. The van der Waals surface area contributed by atoms with Crippen molar-refractivity contribution in [3.8, 4) is 17.0 Å². The Morgan fingerprint density at radius 3 is 2.43 bits per heavy atom. The van der Waals surface area contributed by atoms with Crippen molar-refractivity contribution >= 4 is 17.6 Å². The number of ether oxygens (including phenoxy) is 1. The summed E-state index contributed by atoms with van der Waals surface area (Å²) in [5.74, 6) is 0.573. The van der Waals surface area contributed by atoms with Gasteiger partial charge in [0.05, 0.1) is 12.8 Å². The Bertz CT molecular complexity index is 1230. The second-order valence-corrected chi connectivity index (χ2v) is 9.08. The Balaban J connectivity index is 1.36. The van der Waals surface area contributed by atoms with Gasteiger partial charge in [0, 0.05) is 43.3 Å². The second-order valence-electron chi connectivity index (χ2n) is 9.08. The first-order valence-corrected chi connectivity index (χ1v) is 12.5. The number of hydrogen-bond acceptors (Lipinski definition) is 6. The van der Waals surface area contributed by atoms with Gasteiger partial charge in [0.1, 0.15) is 18.1 Å². The molecule has 8 nitrogen and oxygen atoms in total. The predicted molar refractivity (Wildman–Crippen MR) is 140 cm³/mol. The Labute approximate surface area is 216 Å². The normalized spacial score (nSPS) is 14.3. The summed E-state index contributed by atoms with van der Waals surface area (Å²) in [6.45, 7) is 6.07. The van der Waals surface area contributed by atoms with Crippen LogP contribution in [0.2, 0.25) is 0 Å². The summed E-state index contributed by atoms with van der Waals surface area (Å²) in [5, 5.41) is 8.78. The number of aromatic nitrogens is 2. The number of amides is 2. The van der Waals surface area contributed by atoms with Crippen LogP contribution < -0.4 is 9.64 Å². The van der Waals surface area contributed by atoms with E-state index in [-0.39, 0.29) is 30.0 Å². The van der Waals surface area contributed by atoms with Crippen molar-refractivity contribution in [3.05, 3.63) is 72.0 Å². The molecular weight excluding hydrogens is 473 g/mol. The predicted octanol–water partition coefficient (Wildman–Crippen LogP) is 3.88. The van der Waals surface area contributed by atoms with Crippen molar-refractivity contribution in [2.75, 3.05) is 44.7 Å². The fourth-order valence-electron chi connectivity index (χ4n) is 4.30. The van der Waals surface area contributed by atoms with Crippen LogP contribution in [0.3, 0.4) is 0 Å². The van der Waals surface area contributed by atoms with Crippen molar-refractivity contribution in [2.24, 2.45) is 0 Å². The van der Waals surface area contributed by atoms with Crippen LogP contribution in [0.1, 0.15) is 30.6 Å². The highest BCUT2D eigenvalue weighted by Gasteiger charge is 2.28. The summed E-state index contributed by atoms with van der Waals surface area (Å²) in [5.41, 5.74) is 1.92. The molecule has 37 heavy (non-hydrogen) atoms. The maximum atomic E-state index is 13.7. The minimum Gasteiger partial charge on any atom is -0.497 e. The lowest BCUT2D eigenvalue weighted by Crippen LogP contribution is -2.53. The van der Waals surface area contributed by atoms with Crippen LogP contribution >= 0.6 is 0 Å². The van der Waals surface area contributed by atoms with Crippen LogP contribution in [0.25, 0.3) is 11.3 Å². The van der Waals surface area contributed by atoms with Crippen molar-refractivity contribution in [1.29, 1.82) is 0 Å². The standard InChI is InChI=1S/C28H32FN5O3/c1-4-20(2)34(28(36)22-8-5-9-23(29)17-22)19-27(35)33-15-13-32(14-16-33)26-12-11-25(30-31-26)21-7-6-10-24(18-21)37-3/h5-12,17-18,20H,4,13-16,19H2,1-3H3/t20-/m1/s1. The van der Waals surface area contributed by atoms with Gasteiger partial charge in [-0.1, -0.05) is 25.1 Å². The van der Waals surface area contributed by atoms with E-state index in [1.54, 1.807) is 18.1 Å². The van der Waals surface area contributed by atoms with E-state index in [1.807, 2.05) is 50.2 Å². The zero-order valence-corrected chi connectivity index (χ0v) is 21.4. The van der Waals surface area contributed by atoms with E-state index in [0.717, 1.165) is 22.8 Å². The van der Waals surface area contributed by atoms with Crippen molar-refractivity contribution in [1.82, 2.24) is 20.0 Å². The molecule has 194 valence electrons. The highest BCUT2D eigenvalue weighted by Crippen LogP contribution is 2.23. The fourth-order valence-corrected chi connectivity index (χ4v) is 4.30. The van der Waals surface area contributed by atoms with Gasteiger partial charge in [0.25, 0.3) is 5.91 Å². The van der Waals surface area contributed by atoms with E-state index in [1.165, 1.54) is 23.1 Å². The number of methoxy groups -OCH3 is 1. The molecule has 1 aromatic heterocycles. The van der Waals surface area contributed by atoms with E-state index in [9.17, 15) is 14.0 Å². The molecule has 0 aliphatic carbocycles. The summed E-state index contributed by atoms with van der Waals surface area (Å²) >= 11 is 0. The number of hydrogen-bond donors (Lipinski definition) is 0. The van der Waals surface area contributed by atoms with Crippen molar-refractivity contribution in [3.63, 3.8) is 0 Å². The van der Waals surface area contributed by atoms with Crippen molar-refractivity contribution < 1.29 is 18.7 Å². The molecule has 0 radical (unpaired) electrons. The number of piperazine rings is 1. The van der Waals surface area contributed by atoms with E-state index in [4.69, 9.17) is 4.74 Å². The van der Waals surface area contributed by atoms with E-state index < -0.39 is 5.82 Å². The lowest BCUT2D eigenvalue weighted by atomic mass is 10.1. The number of halogens is 1. The molecule has 1 saturated heterocycles. The van der Waals surface area contributed by atoms with Crippen LogP contribution in [0.5, 0.6) is 5.75 Å². The van der Waals surface area contributed by atoms with Crippen LogP contribution in [0.15, 0.2) is 60.7 Å². The third-order valence-electron chi connectivity index (χ3n) is 6.73. The number of carbonyl (C=O) groups excluding carboxylic acids is 2. The quantitative estimate of drug-likeness (QED) is 0.462.